The van der Waals surface area contributed by atoms with Crippen LogP contribution in [0.25, 0.3) is 0 Å². The average molecular weight is 302 g/mol. The molecular formula is C13H22N2O2S2. The van der Waals surface area contributed by atoms with Gasteiger partial charge in [-0.05, 0) is 44.3 Å². The van der Waals surface area contributed by atoms with Crippen LogP contribution in [0.2, 0.25) is 0 Å². The molecule has 0 saturated heterocycles. The van der Waals surface area contributed by atoms with E-state index in [-0.39, 0.29) is 6.04 Å². The number of thioether (sulfide) groups is 1. The molecule has 19 heavy (non-hydrogen) atoms. The van der Waals surface area contributed by atoms with Crippen LogP contribution in [0.4, 0.5) is 0 Å². The van der Waals surface area contributed by atoms with E-state index in [1.54, 1.807) is 23.9 Å². The number of sulfonamides is 1. The molecule has 0 aromatic heterocycles. The van der Waals surface area contributed by atoms with Gasteiger partial charge in [0.05, 0.1) is 4.90 Å². The molecule has 108 valence electrons. The van der Waals surface area contributed by atoms with E-state index in [2.05, 4.69) is 10.0 Å². The van der Waals surface area contributed by atoms with Crippen molar-refractivity contribution in [1.29, 1.82) is 0 Å². The highest BCUT2D eigenvalue weighted by molar-refractivity contribution is 7.98. The second kappa shape index (κ2) is 7.28. The minimum Gasteiger partial charge on any atom is -0.316 e. The van der Waals surface area contributed by atoms with Crippen molar-refractivity contribution in [2.45, 2.75) is 31.3 Å². The van der Waals surface area contributed by atoms with Gasteiger partial charge >= 0.3 is 0 Å². The molecule has 0 heterocycles. The predicted molar refractivity (Wildman–Crippen MR) is 82.1 cm³/mol. The lowest BCUT2D eigenvalue weighted by molar-refractivity contribution is 0.570. The van der Waals surface area contributed by atoms with Crippen LogP contribution in [0.5, 0.6) is 0 Å². The quantitative estimate of drug-likeness (QED) is 0.805. The van der Waals surface area contributed by atoms with Gasteiger partial charge in [0.15, 0.2) is 0 Å². The van der Waals surface area contributed by atoms with Gasteiger partial charge < -0.3 is 5.32 Å². The van der Waals surface area contributed by atoms with E-state index in [0.717, 1.165) is 16.9 Å². The Labute approximate surface area is 120 Å². The Morgan fingerprint density at radius 1 is 1.37 bits per heavy atom. The Balaban J connectivity index is 3.04. The lowest BCUT2D eigenvalue weighted by atomic mass is 10.1. The number of rotatable bonds is 7. The molecule has 0 amide bonds. The number of benzene rings is 1. The fourth-order valence-corrected chi connectivity index (χ4v) is 4.17. The third kappa shape index (κ3) is 4.49. The largest absolute Gasteiger partial charge is 0.316 e. The molecule has 0 spiro atoms. The number of hydrogen-bond acceptors (Lipinski definition) is 4. The van der Waals surface area contributed by atoms with E-state index < -0.39 is 10.0 Å². The Bertz CT molecular complexity index is 515. The van der Waals surface area contributed by atoms with Gasteiger partial charge in [-0.15, -0.1) is 0 Å². The number of nitrogens with one attached hydrogen (secondary N) is 2. The summed E-state index contributed by atoms with van der Waals surface area (Å²) in [6, 6.07) is 5.30. The fourth-order valence-electron chi connectivity index (χ4n) is 1.95. The highest BCUT2D eigenvalue weighted by atomic mass is 32.2. The normalized spacial score (nSPS) is 13.5. The van der Waals surface area contributed by atoms with Gasteiger partial charge in [-0.3, -0.25) is 0 Å². The van der Waals surface area contributed by atoms with E-state index in [1.165, 1.54) is 0 Å². The average Bonchev–Trinajstić information content (AvgIpc) is 2.31. The van der Waals surface area contributed by atoms with Crippen molar-refractivity contribution >= 4 is 21.8 Å². The van der Waals surface area contributed by atoms with Crippen molar-refractivity contribution in [2.24, 2.45) is 0 Å². The summed E-state index contributed by atoms with van der Waals surface area (Å²) < 4.78 is 27.4. The van der Waals surface area contributed by atoms with Crippen LogP contribution in [0, 0.1) is 6.92 Å². The molecule has 0 aliphatic carbocycles. The monoisotopic (exact) mass is 302 g/mol. The zero-order chi connectivity index (χ0) is 14.5. The summed E-state index contributed by atoms with van der Waals surface area (Å²) in [4.78, 5) is 0.369. The van der Waals surface area contributed by atoms with Crippen molar-refractivity contribution in [2.75, 3.05) is 19.1 Å². The molecule has 1 unspecified atom stereocenters. The van der Waals surface area contributed by atoms with Crippen molar-refractivity contribution in [3.63, 3.8) is 0 Å². The third-order valence-electron chi connectivity index (χ3n) is 2.83. The van der Waals surface area contributed by atoms with E-state index in [1.807, 2.05) is 33.2 Å². The topological polar surface area (TPSA) is 58.2 Å². The summed E-state index contributed by atoms with van der Waals surface area (Å²) >= 11 is 1.62. The van der Waals surface area contributed by atoms with Gasteiger partial charge in [0.25, 0.3) is 0 Å². The van der Waals surface area contributed by atoms with Crippen LogP contribution >= 0.6 is 11.8 Å². The molecule has 6 heteroatoms. The standard InChI is InChI=1S/C13H22N2O2S2/c1-10(9-18-4)15-19(16,17)13-7-5-6-12(8-14-3)11(13)2/h5-7,10,14-15H,8-9H2,1-4H3. The van der Waals surface area contributed by atoms with Crippen LogP contribution in [-0.2, 0) is 16.6 Å². The van der Waals surface area contributed by atoms with E-state index in [0.29, 0.717) is 11.4 Å². The highest BCUT2D eigenvalue weighted by Gasteiger charge is 2.20. The SMILES string of the molecule is CNCc1cccc(S(=O)(=O)NC(C)CSC)c1C. The van der Waals surface area contributed by atoms with Crippen LogP contribution in [0.3, 0.4) is 0 Å². The van der Waals surface area contributed by atoms with E-state index in [4.69, 9.17) is 0 Å². The summed E-state index contributed by atoms with van der Waals surface area (Å²) in [6.07, 6.45) is 1.96. The molecule has 4 nitrogen and oxygen atoms in total. The van der Waals surface area contributed by atoms with Gasteiger partial charge in [-0.25, -0.2) is 13.1 Å². The first-order valence-electron chi connectivity index (χ1n) is 6.16. The lowest BCUT2D eigenvalue weighted by Gasteiger charge is -2.16. The molecule has 2 N–H and O–H groups in total. The minimum absolute atomic E-state index is 0.0765. The third-order valence-corrected chi connectivity index (χ3v) is 5.39. The Hall–Kier alpha value is -0.560. The molecule has 1 rings (SSSR count). The molecule has 1 aromatic rings. The molecule has 0 radical (unpaired) electrons. The summed E-state index contributed by atoms with van der Waals surface area (Å²) in [5.41, 5.74) is 1.81. The van der Waals surface area contributed by atoms with Crippen LogP contribution in [0.15, 0.2) is 23.1 Å². The predicted octanol–water partition coefficient (Wildman–Crippen LogP) is 1.74. The summed E-state index contributed by atoms with van der Waals surface area (Å²) in [5, 5.41) is 3.05. The van der Waals surface area contributed by atoms with Gasteiger partial charge in [-0.2, -0.15) is 11.8 Å². The zero-order valence-electron chi connectivity index (χ0n) is 11.9. The maximum absolute atomic E-state index is 12.4. The van der Waals surface area contributed by atoms with Crippen LogP contribution < -0.4 is 10.0 Å². The maximum Gasteiger partial charge on any atom is 0.241 e. The Morgan fingerprint density at radius 2 is 2.05 bits per heavy atom. The lowest BCUT2D eigenvalue weighted by Crippen LogP contribution is -2.34. The molecular weight excluding hydrogens is 280 g/mol. The first-order valence-corrected chi connectivity index (χ1v) is 9.04. The second-order valence-corrected chi connectivity index (χ2v) is 7.14. The maximum atomic E-state index is 12.4. The van der Waals surface area contributed by atoms with E-state index >= 15 is 0 Å². The molecule has 0 saturated carbocycles. The second-order valence-electron chi connectivity index (χ2n) is 4.55. The van der Waals surface area contributed by atoms with Crippen molar-refractivity contribution in [1.82, 2.24) is 10.0 Å². The molecule has 0 aliphatic rings. The van der Waals surface area contributed by atoms with Crippen LogP contribution in [-0.4, -0.2) is 33.5 Å². The highest BCUT2D eigenvalue weighted by Crippen LogP contribution is 2.19. The van der Waals surface area contributed by atoms with E-state index in [9.17, 15) is 8.42 Å². The van der Waals surface area contributed by atoms with Gasteiger partial charge in [0.1, 0.15) is 0 Å². The van der Waals surface area contributed by atoms with Crippen molar-refractivity contribution < 1.29 is 8.42 Å². The summed E-state index contributed by atoms with van der Waals surface area (Å²) in [5.74, 6) is 0.758. The minimum atomic E-state index is -3.44. The molecule has 0 bridgehead atoms. The van der Waals surface area contributed by atoms with Gasteiger partial charge in [0.2, 0.25) is 10.0 Å². The number of hydrogen-bond donors (Lipinski definition) is 2. The molecule has 0 aliphatic heterocycles. The Kier molecular flexibility index (Phi) is 6.32. The summed E-state index contributed by atoms with van der Waals surface area (Å²) in [7, 11) is -1.60. The van der Waals surface area contributed by atoms with Crippen molar-refractivity contribution in [3.05, 3.63) is 29.3 Å². The zero-order valence-corrected chi connectivity index (χ0v) is 13.5. The molecule has 0 fully saturated rings. The Morgan fingerprint density at radius 3 is 2.63 bits per heavy atom. The van der Waals surface area contributed by atoms with Gasteiger partial charge in [-0.1, -0.05) is 12.1 Å². The van der Waals surface area contributed by atoms with Gasteiger partial charge in [0, 0.05) is 18.3 Å². The molecule has 1 atom stereocenters. The first kappa shape index (κ1) is 16.5. The van der Waals surface area contributed by atoms with Crippen molar-refractivity contribution in [3.8, 4) is 0 Å². The molecule has 1 aromatic carbocycles. The smallest absolute Gasteiger partial charge is 0.241 e. The first-order chi connectivity index (χ1) is 8.92. The van der Waals surface area contributed by atoms with Crippen LogP contribution in [0.1, 0.15) is 18.1 Å². The summed E-state index contributed by atoms with van der Waals surface area (Å²) in [6.45, 7) is 4.39. The fraction of sp³-hybridized carbons (Fsp3) is 0.538.